The number of rotatable bonds is 6. The van der Waals surface area contributed by atoms with Crippen LogP contribution in [0.25, 0.3) is 0 Å². The molecule has 0 spiro atoms. The van der Waals surface area contributed by atoms with E-state index in [2.05, 4.69) is 4.65 Å². The number of hydrogen-bond donors (Lipinski definition) is 4. The number of unbranched alkanes of at least 4 members (excludes halogenated alkanes) is 1. The lowest BCUT2D eigenvalue weighted by Gasteiger charge is -2.16. The van der Waals surface area contributed by atoms with E-state index in [-0.39, 0.29) is 18.6 Å². The molecule has 0 fully saturated rings. The molecular formula is C9H23BO5. The van der Waals surface area contributed by atoms with Crippen LogP contribution < -0.4 is 0 Å². The molecule has 0 aromatic heterocycles. The maximum atomic E-state index is 8.43. The summed E-state index contributed by atoms with van der Waals surface area (Å²) in [6.07, 6.45) is 1.88. The van der Waals surface area contributed by atoms with Gasteiger partial charge in [-0.15, -0.1) is 0 Å². The van der Waals surface area contributed by atoms with Gasteiger partial charge in [-0.25, -0.2) is 0 Å². The van der Waals surface area contributed by atoms with Gasteiger partial charge in [0.25, 0.3) is 0 Å². The maximum absolute atomic E-state index is 8.43. The third-order valence-electron chi connectivity index (χ3n) is 1.62. The van der Waals surface area contributed by atoms with Gasteiger partial charge in [0, 0.05) is 12.0 Å². The van der Waals surface area contributed by atoms with E-state index in [1.807, 2.05) is 6.92 Å². The third-order valence-corrected chi connectivity index (χ3v) is 1.62. The molecule has 0 heterocycles. The molecular weight excluding hydrogens is 199 g/mol. The highest BCUT2D eigenvalue weighted by Gasteiger charge is 2.13. The smallest absolute Gasteiger partial charge is 0.402 e. The first kappa shape index (κ1) is 17.3. The Bertz CT molecular complexity index is 124. The summed E-state index contributed by atoms with van der Waals surface area (Å²) in [6, 6.07) is 0. The predicted octanol–water partition coefficient (Wildman–Crippen LogP) is -0.230. The Morgan fingerprint density at radius 3 is 1.80 bits per heavy atom. The lowest BCUT2D eigenvalue weighted by molar-refractivity contribution is 0.0857. The Hall–Kier alpha value is -0.135. The Balaban J connectivity index is 0. The van der Waals surface area contributed by atoms with E-state index in [0.717, 1.165) is 12.8 Å². The molecule has 0 atom stereocenters. The molecule has 0 aliphatic carbocycles. The number of hydrogen-bond acceptors (Lipinski definition) is 5. The minimum absolute atomic E-state index is 0.0451. The lowest BCUT2D eigenvalue weighted by Crippen LogP contribution is -2.20. The van der Waals surface area contributed by atoms with Gasteiger partial charge < -0.3 is 24.9 Å². The molecule has 0 aromatic carbocycles. The number of aliphatic hydroxyl groups is 2. The van der Waals surface area contributed by atoms with Gasteiger partial charge in [-0.3, -0.25) is 0 Å². The summed E-state index contributed by atoms with van der Waals surface area (Å²) in [5.41, 5.74) is -0.306. The zero-order valence-electron chi connectivity index (χ0n) is 9.81. The van der Waals surface area contributed by atoms with Crippen molar-refractivity contribution >= 4 is 7.32 Å². The first-order valence-corrected chi connectivity index (χ1v) is 5.09. The molecule has 0 bridgehead atoms. The van der Waals surface area contributed by atoms with Gasteiger partial charge in [0.05, 0.1) is 13.2 Å². The maximum Gasteiger partial charge on any atom is 0.633 e. The highest BCUT2D eigenvalue weighted by molar-refractivity contribution is 6.32. The second kappa shape index (κ2) is 10.4. The summed E-state index contributed by atoms with van der Waals surface area (Å²) < 4.78 is 4.39. The predicted molar refractivity (Wildman–Crippen MR) is 59.0 cm³/mol. The Morgan fingerprint density at radius 1 is 1.13 bits per heavy atom. The SMILES string of the molecule is CC(C)(CO)CO.CCCCOB(O)O. The zero-order valence-corrected chi connectivity index (χ0v) is 9.81. The van der Waals surface area contributed by atoms with Crippen LogP contribution in [-0.2, 0) is 4.65 Å². The highest BCUT2D eigenvalue weighted by Crippen LogP contribution is 2.10. The van der Waals surface area contributed by atoms with E-state index in [1.165, 1.54) is 0 Å². The van der Waals surface area contributed by atoms with Crippen molar-refractivity contribution in [1.29, 1.82) is 0 Å². The molecule has 6 heteroatoms. The first-order valence-electron chi connectivity index (χ1n) is 5.09. The molecule has 0 aromatic rings. The van der Waals surface area contributed by atoms with Gasteiger partial charge in [-0.05, 0) is 6.42 Å². The van der Waals surface area contributed by atoms with Crippen molar-refractivity contribution in [1.82, 2.24) is 0 Å². The van der Waals surface area contributed by atoms with Crippen molar-refractivity contribution < 1.29 is 24.9 Å². The lowest BCUT2D eigenvalue weighted by atomic mass is 9.97. The van der Waals surface area contributed by atoms with Crippen molar-refractivity contribution in [2.75, 3.05) is 19.8 Å². The van der Waals surface area contributed by atoms with E-state index in [9.17, 15) is 0 Å². The van der Waals surface area contributed by atoms with Gasteiger partial charge in [-0.2, -0.15) is 0 Å². The highest BCUT2D eigenvalue weighted by atomic mass is 16.6. The summed E-state index contributed by atoms with van der Waals surface area (Å²) in [4.78, 5) is 0. The number of aliphatic hydroxyl groups excluding tert-OH is 2. The fourth-order valence-electron chi connectivity index (χ4n) is 0.383. The van der Waals surface area contributed by atoms with Gasteiger partial charge in [-0.1, -0.05) is 27.2 Å². The molecule has 0 aliphatic heterocycles. The molecule has 0 aliphatic rings. The minimum Gasteiger partial charge on any atom is -0.402 e. The van der Waals surface area contributed by atoms with Crippen molar-refractivity contribution in [2.45, 2.75) is 33.6 Å². The Labute approximate surface area is 91.9 Å². The second-order valence-corrected chi connectivity index (χ2v) is 4.03. The van der Waals surface area contributed by atoms with Crippen molar-refractivity contribution in [3.63, 3.8) is 0 Å². The molecule has 0 saturated heterocycles. The van der Waals surface area contributed by atoms with Crippen molar-refractivity contribution in [2.24, 2.45) is 5.41 Å². The summed E-state index contributed by atoms with van der Waals surface area (Å²) in [5.74, 6) is 0. The fraction of sp³-hybridized carbons (Fsp3) is 1.00. The van der Waals surface area contributed by atoms with Gasteiger partial charge in [0.15, 0.2) is 0 Å². The summed E-state index contributed by atoms with van der Waals surface area (Å²) in [6.45, 7) is 6.12. The van der Waals surface area contributed by atoms with E-state index < -0.39 is 7.32 Å². The van der Waals surface area contributed by atoms with E-state index in [0.29, 0.717) is 6.61 Å². The molecule has 92 valence electrons. The minimum atomic E-state index is -1.60. The Morgan fingerprint density at radius 2 is 1.60 bits per heavy atom. The largest absolute Gasteiger partial charge is 0.633 e. The molecule has 0 unspecified atom stereocenters. The third kappa shape index (κ3) is 16.5. The van der Waals surface area contributed by atoms with E-state index >= 15 is 0 Å². The average molecular weight is 222 g/mol. The van der Waals surface area contributed by atoms with Crippen LogP contribution in [-0.4, -0.2) is 47.4 Å². The van der Waals surface area contributed by atoms with Gasteiger partial charge >= 0.3 is 7.32 Å². The van der Waals surface area contributed by atoms with Crippen LogP contribution in [0, 0.1) is 5.41 Å². The van der Waals surface area contributed by atoms with Crippen LogP contribution in [0.3, 0.4) is 0 Å². The van der Waals surface area contributed by atoms with Crippen molar-refractivity contribution in [3.8, 4) is 0 Å². The molecule has 5 nitrogen and oxygen atoms in total. The quantitative estimate of drug-likeness (QED) is 0.368. The molecule has 0 radical (unpaired) electrons. The van der Waals surface area contributed by atoms with E-state index in [4.69, 9.17) is 20.3 Å². The molecule has 0 amide bonds. The topological polar surface area (TPSA) is 90.2 Å². The van der Waals surface area contributed by atoms with Crippen LogP contribution >= 0.6 is 0 Å². The van der Waals surface area contributed by atoms with Gasteiger partial charge in [0.1, 0.15) is 0 Å². The summed E-state index contributed by atoms with van der Waals surface area (Å²) in [7, 11) is -1.60. The monoisotopic (exact) mass is 222 g/mol. The first-order chi connectivity index (χ1) is 6.89. The summed E-state index contributed by atoms with van der Waals surface area (Å²) >= 11 is 0. The Kier molecular flexibility index (Phi) is 12.0. The normalized spacial score (nSPS) is 10.6. The van der Waals surface area contributed by atoms with Gasteiger partial charge in [0.2, 0.25) is 0 Å². The standard InChI is InChI=1S/C5H12O2.C4H11BO3/c1-5(2,3-6)4-7;1-2-3-4-8-5(6)7/h6-7H,3-4H2,1-2H3;6-7H,2-4H2,1H3. The van der Waals surface area contributed by atoms with Crippen LogP contribution in [0.5, 0.6) is 0 Å². The van der Waals surface area contributed by atoms with Crippen LogP contribution in [0.15, 0.2) is 0 Å². The average Bonchev–Trinajstić information content (AvgIpc) is 2.19. The molecule has 0 rings (SSSR count). The second-order valence-electron chi connectivity index (χ2n) is 4.03. The molecule has 0 saturated carbocycles. The molecule has 15 heavy (non-hydrogen) atoms. The fourth-order valence-corrected chi connectivity index (χ4v) is 0.383. The van der Waals surface area contributed by atoms with Crippen LogP contribution in [0.1, 0.15) is 33.6 Å². The summed E-state index contributed by atoms with van der Waals surface area (Å²) in [5, 5.41) is 33.1. The van der Waals surface area contributed by atoms with Crippen LogP contribution in [0.4, 0.5) is 0 Å². The van der Waals surface area contributed by atoms with E-state index in [1.54, 1.807) is 13.8 Å². The van der Waals surface area contributed by atoms with Crippen molar-refractivity contribution in [3.05, 3.63) is 0 Å². The zero-order chi connectivity index (χ0) is 12.3. The van der Waals surface area contributed by atoms with Crippen LogP contribution in [0.2, 0.25) is 0 Å². The molecule has 4 N–H and O–H groups in total.